The first-order chi connectivity index (χ1) is 15.1. The van der Waals surface area contributed by atoms with Gasteiger partial charge in [0.1, 0.15) is 11.6 Å². The third-order valence-corrected chi connectivity index (χ3v) is 5.81. The first-order valence-electron chi connectivity index (χ1n) is 10.6. The molecule has 1 N–H and O–H groups in total. The van der Waals surface area contributed by atoms with Gasteiger partial charge in [-0.1, -0.05) is 48.5 Å². The Labute approximate surface area is 182 Å². The van der Waals surface area contributed by atoms with Crippen LogP contribution in [0.2, 0.25) is 0 Å². The number of hydrogen-bond acceptors (Lipinski definition) is 3. The molecule has 4 rings (SSSR count). The molecule has 4 nitrogen and oxygen atoms in total. The van der Waals surface area contributed by atoms with Crippen molar-refractivity contribution in [3.8, 4) is 16.9 Å². The Morgan fingerprint density at radius 2 is 1.81 bits per heavy atom. The van der Waals surface area contributed by atoms with Crippen molar-refractivity contribution in [3.05, 3.63) is 84.2 Å². The molecule has 160 valence electrons. The molecule has 0 spiro atoms. The lowest BCUT2D eigenvalue weighted by atomic mass is 9.96. The van der Waals surface area contributed by atoms with Crippen molar-refractivity contribution in [2.45, 2.75) is 19.4 Å². The normalized spacial score (nSPS) is 16.6. The van der Waals surface area contributed by atoms with Gasteiger partial charge in [0, 0.05) is 29.9 Å². The van der Waals surface area contributed by atoms with Crippen LogP contribution in [0.3, 0.4) is 0 Å². The Balaban J connectivity index is 1.45. The molecule has 0 aliphatic carbocycles. The Hall–Kier alpha value is -3.18. The number of para-hydroxylation sites is 1. The van der Waals surface area contributed by atoms with E-state index < -0.39 is 0 Å². The second kappa shape index (κ2) is 9.75. The highest BCUT2D eigenvalue weighted by Crippen LogP contribution is 2.30. The van der Waals surface area contributed by atoms with E-state index >= 15 is 0 Å². The lowest BCUT2D eigenvalue weighted by Gasteiger charge is -2.32. The minimum atomic E-state index is -0.192. The predicted molar refractivity (Wildman–Crippen MR) is 121 cm³/mol. The SMILES string of the molecule is COc1ccc(-c2ccccc2NC(=O)[C@H]2CCCN(Cc3ccccc3F)C2)cc1. The summed E-state index contributed by atoms with van der Waals surface area (Å²) in [6.07, 6.45) is 1.76. The fraction of sp³-hybridized carbons (Fsp3) is 0.269. The van der Waals surface area contributed by atoms with Crippen LogP contribution in [0.25, 0.3) is 11.1 Å². The van der Waals surface area contributed by atoms with E-state index in [1.807, 2.05) is 60.7 Å². The highest BCUT2D eigenvalue weighted by molar-refractivity contribution is 5.97. The number of carbonyl (C=O) groups excluding carboxylic acids is 1. The smallest absolute Gasteiger partial charge is 0.228 e. The number of anilines is 1. The molecular weight excluding hydrogens is 391 g/mol. The fourth-order valence-corrected chi connectivity index (χ4v) is 4.13. The molecule has 0 radical (unpaired) electrons. The molecule has 3 aromatic carbocycles. The first-order valence-corrected chi connectivity index (χ1v) is 10.6. The van der Waals surface area contributed by atoms with Crippen LogP contribution in [0.5, 0.6) is 5.75 Å². The molecule has 0 unspecified atom stereocenters. The Morgan fingerprint density at radius 3 is 2.58 bits per heavy atom. The predicted octanol–water partition coefficient (Wildman–Crippen LogP) is 5.35. The maximum absolute atomic E-state index is 14.0. The largest absolute Gasteiger partial charge is 0.497 e. The standard InChI is InChI=1S/C26H27FN2O2/c1-31-22-14-12-19(13-15-22)23-9-3-5-11-25(23)28-26(30)21-8-6-16-29(18-21)17-20-7-2-4-10-24(20)27/h2-5,7,9-15,21H,6,8,16-18H2,1H3,(H,28,30)/t21-/m0/s1. The van der Waals surface area contributed by atoms with Gasteiger partial charge in [-0.15, -0.1) is 0 Å². The zero-order valence-electron chi connectivity index (χ0n) is 17.7. The van der Waals surface area contributed by atoms with Crippen LogP contribution >= 0.6 is 0 Å². The number of nitrogens with zero attached hydrogens (tertiary/aromatic N) is 1. The second-order valence-electron chi connectivity index (χ2n) is 7.93. The van der Waals surface area contributed by atoms with Gasteiger partial charge >= 0.3 is 0 Å². The van der Waals surface area contributed by atoms with E-state index in [-0.39, 0.29) is 17.6 Å². The van der Waals surface area contributed by atoms with Crippen LogP contribution in [0, 0.1) is 11.7 Å². The zero-order chi connectivity index (χ0) is 21.6. The molecule has 5 heteroatoms. The van der Waals surface area contributed by atoms with E-state index in [2.05, 4.69) is 10.2 Å². The summed E-state index contributed by atoms with van der Waals surface area (Å²) in [5, 5.41) is 3.13. The van der Waals surface area contributed by atoms with Gasteiger partial charge in [0.25, 0.3) is 0 Å². The summed E-state index contributed by atoms with van der Waals surface area (Å²) >= 11 is 0. The van der Waals surface area contributed by atoms with Gasteiger partial charge in [-0.25, -0.2) is 4.39 Å². The fourth-order valence-electron chi connectivity index (χ4n) is 4.13. The Kier molecular flexibility index (Phi) is 6.63. The van der Waals surface area contributed by atoms with Gasteiger partial charge in [0.2, 0.25) is 5.91 Å². The molecular formula is C26H27FN2O2. The van der Waals surface area contributed by atoms with Crippen molar-refractivity contribution in [2.75, 3.05) is 25.5 Å². The Morgan fingerprint density at radius 1 is 1.06 bits per heavy atom. The van der Waals surface area contributed by atoms with Gasteiger partial charge in [-0.05, 0) is 49.2 Å². The summed E-state index contributed by atoms with van der Waals surface area (Å²) in [6, 6.07) is 22.5. The summed E-state index contributed by atoms with van der Waals surface area (Å²) in [4.78, 5) is 15.3. The van der Waals surface area contributed by atoms with Crippen LogP contribution < -0.4 is 10.1 Å². The van der Waals surface area contributed by atoms with E-state index in [9.17, 15) is 9.18 Å². The number of piperidine rings is 1. The van der Waals surface area contributed by atoms with Crippen molar-refractivity contribution in [1.82, 2.24) is 4.90 Å². The van der Waals surface area contributed by atoms with E-state index in [0.717, 1.165) is 42.0 Å². The number of benzene rings is 3. The van der Waals surface area contributed by atoms with Crippen LogP contribution in [0.4, 0.5) is 10.1 Å². The molecule has 31 heavy (non-hydrogen) atoms. The second-order valence-corrected chi connectivity index (χ2v) is 7.93. The topological polar surface area (TPSA) is 41.6 Å². The third-order valence-electron chi connectivity index (χ3n) is 5.81. The Bertz CT molecular complexity index is 1040. The maximum atomic E-state index is 14.0. The van der Waals surface area contributed by atoms with Crippen molar-refractivity contribution in [2.24, 2.45) is 5.92 Å². The van der Waals surface area contributed by atoms with Crippen LogP contribution in [-0.4, -0.2) is 31.0 Å². The first kappa shape index (κ1) is 21.1. The van der Waals surface area contributed by atoms with E-state index in [4.69, 9.17) is 4.74 Å². The molecule has 3 aromatic rings. The molecule has 1 saturated heterocycles. The highest BCUT2D eigenvalue weighted by Gasteiger charge is 2.26. The number of hydrogen-bond donors (Lipinski definition) is 1. The number of rotatable bonds is 6. The van der Waals surface area contributed by atoms with Crippen molar-refractivity contribution < 1.29 is 13.9 Å². The van der Waals surface area contributed by atoms with E-state index in [1.54, 1.807) is 13.2 Å². The quantitative estimate of drug-likeness (QED) is 0.587. The van der Waals surface area contributed by atoms with Gasteiger partial charge in [-0.2, -0.15) is 0 Å². The average molecular weight is 419 g/mol. The van der Waals surface area contributed by atoms with Gasteiger partial charge in [0.05, 0.1) is 13.0 Å². The van der Waals surface area contributed by atoms with E-state index in [0.29, 0.717) is 18.7 Å². The summed E-state index contributed by atoms with van der Waals surface area (Å²) in [6.45, 7) is 2.03. The molecule has 1 atom stereocenters. The molecule has 0 saturated carbocycles. The number of methoxy groups -OCH3 is 1. The summed E-state index contributed by atoms with van der Waals surface area (Å²) in [7, 11) is 1.64. The monoisotopic (exact) mass is 418 g/mol. The third kappa shape index (κ3) is 5.12. The van der Waals surface area contributed by atoms with E-state index in [1.165, 1.54) is 6.07 Å². The lowest BCUT2D eigenvalue weighted by Crippen LogP contribution is -2.40. The minimum Gasteiger partial charge on any atom is -0.497 e. The molecule has 1 aliphatic rings. The van der Waals surface area contributed by atoms with Crippen molar-refractivity contribution in [3.63, 3.8) is 0 Å². The van der Waals surface area contributed by atoms with Gasteiger partial charge in [-0.3, -0.25) is 9.69 Å². The summed E-state index contributed by atoms with van der Waals surface area (Å²) < 4.78 is 19.3. The van der Waals surface area contributed by atoms with Crippen LogP contribution in [-0.2, 0) is 11.3 Å². The number of carbonyl (C=O) groups is 1. The molecule has 1 fully saturated rings. The maximum Gasteiger partial charge on any atom is 0.228 e. The lowest BCUT2D eigenvalue weighted by molar-refractivity contribution is -0.121. The van der Waals surface area contributed by atoms with Gasteiger partial charge < -0.3 is 10.1 Å². The minimum absolute atomic E-state index is 0.0131. The van der Waals surface area contributed by atoms with Crippen LogP contribution in [0.1, 0.15) is 18.4 Å². The number of nitrogens with one attached hydrogen (secondary N) is 1. The summed E-state index contributed by atoms with van der Waals surface area (Å²) in [5.41, 5.74) is 3.45. The zero-order valence-corrected chi connectivity index (χ0v) is 17.7. The molecule has 0 aromatic heterocycles. The van der Waals surface area contributed by atoms with Crippen molar-refractivity contribution >= 4 is 11.6 Å². The van der Waals surface area contributed by atoms with Crippen molar-refractivity contribution in [1.29, 1.82) is 0 Å². The number of ether oxygens (including phenoxy) is 1. The molecule has 1 aliphatic heterocycles. The average Bonchev–Trinajstić information content (AvgIpc) is 2.81. The van der Waals surface area contributed by atoms with Crippen LogP contribution in [0.15, 0.2) is 72.8 Å². The highest BCUT2D eigenvalue weighted by atomic mass is 19.1. The number of amides is 1. The molecule has 1 amide bonds. The molecule has 1 heterocycles. The van der Waals surface area contributed by atoms with Gasteiger partial charge in [0.15, 0.2) is 0 Å². The number of halogens is 1. The number of likely N-dealkylation sites (tertiary alicyclic amines) is 1. The summed E-state index contributed by atoms with van der Waals surface area (Å²) in [5.74, 6) is 0.494. The molecule has 0 bridgehead atoms.